The molecule has 142 valence electrons. The smallest absolute Gasteiger partial charge is 0.220 e. The lowest BCUT2D eigenvalue weighted by atomic mass is 10.00. The Morgan fingerprint density at radius 2 is 1.96 bits per heavy atom. The van der Waals surface area contributed by atoms with Crippen LogP contribution in [-0.2, 0) is 4.79 Å². The van der Waals surface area contributed by atoms with E-state index in [1.54, 1.807) is 19.2 Å². The van der Waals surface area contributed by atoms with E-state index in [1.165, 1.54) is 0 Å². The molecule has 0 unspecified atom stereocenters. The highest BCUT2D eigenvalue weighted by molar-refractivity contribution is 6.30. The van der Waals surface area contributed by atoms with Crippen LogP contribution < -0.4 is 10.5 Å². The Kier molecular flexibility index (Phi) is 4.60. The minimum atomic E-state index is -0.553. The summed E-state index contributed by atoms with van der Waals surface area (Å²) < 4.78 is 7.34. The minimum absolute atomic E-state index is 0.0281. The molecule has 28 heavy (non-hydrogen) atoms. The van der Waals surface area contributed by atoms with Gasteiger partial charge in [0.25, 0.3) is 0 Å². The van der Waals surface area contributed by atoms with Crippen molar-refractivity contribution in [2.24, 2.45) is 10.7 Å². The molecule has 1 aliphatic rings. The van der Waals surface area contributed by atoms with Crippen LogP contribution in [-0.4, -0.2) is 33.5 Å². The highest BCUT2D eigenvalue weighted by Crippen LogP contribution is 2.34. The zero-order valence-electron chi connectivity index (χ0n) is 15.4. The number of benzene rings is 2. The maximum atomic E-state index is 11.7. The summed E-state index contributed by atoms with van der Waals surface area (Å²) in [6.07, 6.45) is 0.0281. The van der Waals surface area contributed by atoms with Crippen molar-refractivity contribution in [1.82, 2.24) is 14.8 Å². The molecule has 0 saturated heterocycles. The molecule has 2 aromatic carbocycles. The molecular weight excluding hydrogens is 378 g/mol. The third-order valence-corrected chi connectivity index (χ3v) is 4.90. The van der Waals surface area contributed by atoms with Gasteiger partial charge in [0.15, 0.2) is 5.82 Å². The Morgan fingerprint density at radius 1 is 1.21 bits per heavy atom. The number of primary amides is 1. The first-order valence-electron chi connectivity index (χ1n) is 8.70. The number of aromatic nitrogens is 3. The van der Waals surface area contributed by atoms with Crippen molar-refractivity contribution in [3.05, 3.63) is 70.3 Å². The van der Waals surface area contributed by atoms with Crippen LogP contribution in [0.5, 0.6) is 5.75 Å². The first-order chi connectivity index (χ1) is 13.5. The number of halogens is 1. The molecule has 8 heteroatoms. The van der Waals surface area contributed by atoms with Crippen LogP contribution in [0, 0.1) is 6.92 Å². The number of ether oxygens (including phenoxy) is 1. The molecule has 0 saturated carbocycles. The second kappa shape index (κ2) is 7.09. The van der Waals surface area contributed by atoms with Gasteiger partial charge in [0, 0.05) is 16.1 Å². The number of aliphatic imine (C=N–C) groups is 1. The summed E-state index contributed by atoms with van der Waals surface area (Å²) in [4.78, 5) is 16.6. The van der Waals surface area contributed by atoms with Gasteiger partial charge in [0.1, 0.15) is 17.6 Å². The Hall–Kier alpha value is -3.19. The third kappa shape index (κ3) is 3.14. The van der Waals surface area contributed by atoms with Crippen molar-refractivity contribution in [1.29, 1.82) is 0 Å². The highest BCUT2D eigenvalue weighted by Gasteiger charge is 2.29. The maximum Gasteiger partial charge on any atom is 0.220 e. The second-order valence-corrected chi connectivity index (χ2v) is 6.93. The van der Waals surface area contributed by atoms with Gasteiger partial charge in [0.05, 0.1) is 24.9 Å². The summed E-state index contributed by atoms with van der Waals surface area (Å²) in [6.45, 7) is 1.86. The van der Waals surface area contributed by atoms with Crippen molar-refractivity contribution >= 4 is 23.2 Å². The van der Waals surface area contributed by atoms with Crippen molar-refractivity contribution in [2.75, 3.05) is 7.11 Å². The third-order valence-electron chi connectivity index (χ3n) is 4.64. The molecule has 4 rings (SSSR count). The van der Waals surface area contributed by atoms with E-state index in [2.05, 4.69) is 10.2 Å². The number of nitrogens with two attached hydrogens (primary N) is 1. The van der Waals surface area contributed by atoms with Crippen LogP contribution in [0.4, 0.5) is 0 Å². The Labute approximate surface area is 166 Å². The van der Waals surface area contributed by atoms with E-state index in [1.807, 2.05) is 41.8 Å². The average Bonchev–Trinajstić information content (AvgIpc) is 3.00. The summed E-state index contributed by atoms with van der Waals surface area (Å²) in [5.74, 6) is 1.51. The van der Waals surface area contributed by atoms with Gasteiger partial charge in [-0.15, -0.1) is 10.2 Å². The van der Waals surface area contributed by atoms with Crippen LogP contribution in [0.2, 0.25) is 5.02 Å². The molecule has 2 N–H and O–H groups in total. The first kappa shape index (κ1) is 18.2. The Bertz CT molecular complexity index is 1090. The molecule has 1 aliphatic heterocycles. The Morgan fingerprint density at radius 3 is 2.64 bits per heavy atom. The topological polar surface area (TPSA) is 95.4 Å². The summed E-state index contributed by atoms with van der Waals surface area (Å²) in [5, 5.41) is 9.10. The molecule has 1 amide bonds. The van der Waals surface area contributed by atoms with E-state index in [4.69, 9.17) is 27.1 Å². The summed E-state index contributed by atoms with van der Waals surface area (Å²) in [7, 11) is 1.61. The van der Waals surface area contributed by atoms with Gasteiger partial charge >= 0.3 is 0 Å². The number of hydrogen-bond acceptors (Lipinski definition) is 5. The predicted octanol–water partition coefficient (Wildman–Crippen LogP) is 3.01. The lowest BCUT2D eigenvalue weighted by molar-refractivity contribution is -0.118. The fourth-order valence-electron chi connectivity index (χ4n) is 3.37. The van der Waals surface area contributed by atoms with E-state index in [9.17, 15) is 4.79 Å². The Balaban J connectivity index is 2.02. The van der Waals surface area contributed by atoms with Gasteiger partial charge in [-0.05, 0) is 37.3 Å². The maximum absolute atomic E-state index is 11.7. The van der Waals surface area contributed by atoms with Crippen molar-refractivity contribution in [3.8, 4) is 11.4 Å². The van der Waals surface area contributed by atoms with Gasteiger partial charge in [-0.2, -0.15) is 0 Å². The molecule has 0 bridgehead atoms. The van der Waals surface area contributed by atoms with Gasteiger partial charge in [-0.25, -0.2) is 0 Å². The van der Waals surface area contributed by atoms with Crippen LogP contribution >= 0.6 is 11.6 Å². The van der Waals surface area contributed by atoms with Gasteiger partial charge < -0.3 is 10.5 Å². The standard InChI is InChI=1S/C20H18ClN5O2/c1-11-24-25-20-16(10-18(22)27)23-19(12-3-5-13(21)6-4-12)15-9-14(28-2)7-8-17(15)26(11)20/h3-9,16H,10H2,1-2H3,(H2,22,27)/t16-/m0/s1. The molecule has 2 heterocycles. The van der Waals surface area contributed by atoms with Crippen LogP contribution in [0.25, 0.3) is 5.69 Å². The average molecular weight is 396 g/mol. The number of nitrogens with zero attached hydrogens (tertiary/aromatic N) is 4. The van der Waals surface area contributed by atoms with Crippen LogP contribution in [0.15, 0.2) is 47.5 Å². The number of fused-ring (bicyclic) bond motifs is 3. The molecule has 3 aromatic rings. The van der Waals surface area contributed by atoms with Gasteiger partial charge in [-0.1, -0.05) is 23.7 Å². The minimum Gasteiger partial charge on any atom is -0.497 e. The van der Waals surface area contributed by atoms with Crippen molar-refractivity contribution in [2.45, 2.75) is 19.4 Å². The second-order valence-electron chi connectivity index (χ2n) is 6.49. The van der Waals surface area contributed by atoms with E-state index in [0.29, 0.717) is 28.1 Å². The van der Waals surface area contributed by atoms with E-state index >= 15 is 0 Å². The fraction of sp³-hybridized carbons (Fsp3) is 0.200. The van der Waals surface area contributed by atoms with E-state index in [-0.39, 0.29) is 6.42 Å². The summed E-state index contributed by atoms with van der Waals surface area (Å²) in [5.41, 5.74) is 8.77. The molecule has 1 atom stereocenters. The number of carbonyl (C=O) groups excluding carboxylic acids is 1. The van der Waals surface area contributed by atoms with Crippen LogP contribution in [0.1, 0.15) is 35.2 Å². The highest BCUT2D eigenvalue weighted by atomic mass is 35.5. The molecule has 7 nitrogen and oxygen atoms in total. The van der Waals surface area contributed by atoms with Gasteiger partial charge in [0.2, 0.25) is 5.91 Å². The molecule has 0 radical (unpaired) electrons. The molecule has 0 aliphatic carbocycles. The number of rotatable bonds is 4. The number of carbonyl (C=O) groups is 1. The van der Waals surface area contributed by atoms with Crippen LogP contribution in [0.3, 0.4) is 0 Å². The van der Waals surface area contributed by atoms with Crippen molar-refractivity contribution in [3.63, 3.8) is 0 Å². The normalized spacial score (nSPS) is 15.2. The summed E-state index contributed by atoms with van der Waals surface area (Å²) in [6, 6.07) is 12.6. The largest absolute Gasteiger partial charge is 0.497 e. The molecule has 0 spiro atoms. The lowest BCUT2D eigenvalue weighted by Crippen LogP contribution is -2.17. The lowest BCUT2D eigenvalue weighted by Gasteiger charge is -2.14. The van der Waals surface area contributed by atoms with Crippen molar-refractivity contribution < 1.29 is 9.53 Å². The quantitative estimate of drug-likeness (QED) is 0.734. The number of hydrogen-bond donors (Lipinski definition) is 1. The predicted molar refractivity (Wildman–Crippen MR) is 106 cm³/mol. The molecule has 0 fully saturated rings. The zero-order valence-corrected chi connectivity index (χ0v) is 16.1. The molecule has 1 aromatic heterocycles. The number of amides is 1. The van der Waals surface area contributed by atoms with Gasteiger partial charge in [-0.3, -0.25) is 14.4 Å². The summed E-state index contributed by atoms with van der Waals surface area (Å²) >= 11 is 6.06. The molecular formula is C20H18ClN5O2. The zero-order chi connectivity index (χ0) is 19.8. The monoisotopic (exact) mass is 395 g/mol. The SMILES string of the molecule is COc1ccc2c(c1)C(c1ccc(Cl)cc1)=N[C@@H](CC(N)=O)c1nnc(C)n1-2. The van der Waals surface area contributed by atoms with E-state index < -0.39 is 11.9 Å². The fourth-order valence-corrected chi connectivity index (χ4v) is 3.49. The van der Waals surface area contributed by atoms with E-state index in [0.717, 1.165) is 16.8 Å². The number of methoxy groups -OCH3 is 1. The number of aryl methyl sites for hydroxylation is 1. The first-order valence-corrected chi connectivity index (χ1v) is 9.08.